The zero-order chi connectivity index (χ0) is 9.19. The van der Waals surface area contributed by atoms with Crippen molar-refractivity contribution in [1.82, 2.24) is 0 Å². The summed E-state index contributed by atoms with van der Waals surface area (Å²) >= 11 is 3.50. The van der Waals surface area contributed by atoms with E-state index in [4.69, 9.17) is 0 Å². The molecule has 2 unspecified atom stereocenters. The summed E-state index contributed by atoms with van der Waals surface area (Å²) in [7, 11) is 0. The fourth-order valence-electron chi connectivity index (χ4n) is 1.89. The molecule has 0 aliphatic heterocycles. The summed E-state index contributed by atoms with van der Waals surface area (Å²) in [6.07, 6.45) is 5.70. The summed E-state index contributed by atoms with van der Waals surface area (Å²) < 4.78 is 0. The van der Waals surface area contributed by atoms with Gasteiger partial charge in [-0.2, -0.15) is 0 Å². The Hall–Kier alpha value is 0.480. The van der Waals surface area contributed by atoms with Crippen LogP contribution in [0.4, 0.5) is 0 Å². The summed E-state index contributed by atoms with van der Waals surface area (Å²) in [4.78, 5) is 0. The molecule has 0 N–H and O–H groups in total. The zero-order valence-electron chi connectivity index (χ0n) is 8.57. The molecule has 0 radical (unpaired) electrons. The van der Waals surface area contributed by atoms with Gasteiger partial charge in [-0.1, -0.05) is 43.1 Å². The third-order valence-electron chi connectivity index (χ3n) is 3.33. The van der Waals surface area contributed by atoms with E-state index in [0.717, 1.165) is 11.8 Å². The summed E-state index contributed by atoms with van der Waals surface area (Å²) in [6.45, 7) is 7.16. The van der Waals surface area contributed by atoms with Crippen LogP contribution in [0.15, 0.2) is 0 Å². The summed E-state index contributed by atoms with van der Waals surface area (Å²) in [5.74, 6) is 1.95. The Kier molecular flexibility index (Phi) is 3.63. The molecule has 1 aliphatic carbocycles. The molecular formula is C11H21Br. The van der Waals surface area contributed by atoms with Crippen molar-refractivity contribution in [3.8, 4) is 0 Å². The lowest BCUT2D eigenvalue weighted by molar-refractivity contribution is 0.442. The fraction of sp³-hybridized carbons (Fsp3) is 1.00. The molecule has 1 fully saturated rings. The second-order valence-electron chi connectivity index (χ2n) is 5.05. The summed E-state index contributed by atoms with van der Waals surface area (Å²) in [5, 5.41) is 1.17. The molecule has 72 valence electrons. The van der Waals surface area contributed by atoms with Crippen LogP contribution in [0.3, 0.4) is 0 Å². The molecule has 0 spiro atoms. The normalized spacial score (nSPS) is 28.5. The van der Waals surface area contributed by atoms with Crippen LogP contribution in [-0.4, -0.2) is 5.33 Å². The second-order valence-corrected chi connectivity index (χ2v) is 5.84. The molecule has 2 atom stereocenters. The second kappa shape index (κ2) is 4.13. The van der Waals surface area contributed by atoms with Crippen molar-refractivity contribution in [2.75, 3.05) is 5.33 Å². The largest absolute Gasteiger partial charge is 0.0928 e. The fourth-order valence-corrected chi connectivity index (χ4v) is 2.67. The highest BCUT2D eigenvalue weighted by atomic mass is 79.9. The molecule has 0 aromatic rings. The predicted molar refractivity (Wildman–Crippen MR) is 58.7 cm³/mol. The van der Waals surface area contributed by atoms with E-state index in [0.29, 0.717) is 5.41 Å². The summed E-state index contributed by atoms with van der Waals surface area (Å²) in [5.41, 5.74) is 0.689. The van der Waals surface area contributed by atoms with Crippen molar-refractivity contribution in [1.29, 1.82) is 0 Å². The molecule has 0 heterocycles. The van der Waals surface area contributed by atoms with Crippen molar-refractivity contribution in [3.05, 3.63) is 0 Å². The van der Waals surface area contributed by atoms with Crippen LogP contribution in [0.25, 0.3) is 0 Å². The topological polar surface area (TPSA) is 0 Å². The number of alkyl halides is 1. The Morgan fingerprint density at radius 2 is 2.00 bits per heavy atom. The standard InChI is InChI=1S/C11H21Br/c1-9(6-7-12)4-5-10-8-11(10,2)3/h9-10H,4-8H2,1-3H3. The van der Waals surface area contributed by atoms with Gasteiger partial charge < -0.3 is 0 Å². The Balaban J connectivity index is 2.03. The van der Waals surface area contributed by atoms with E-state index in [2.05, 4.69) is 36.7 Å². The van der Waals surface area contributed by atoms with Gasteiger partial charge in [-0.05, 0) is 36.5 Å². The number of rotatable bonds is 5. The first kappa shape index (κ1) is 10.6. The molecule has 1 heteroatoms. The molecule has 0 aromatic heterocycles. The van der Waals surface area contributed by atoms with E-state index >= 15 is 0 Å². The van der Waals surface area contributed by atoms with Gasteiger partial charge in [-0.15, -0.1) is 0 Å². The Morgan fingerprint density at radius 3 is 2.42 bits per heavy atom. The molecular weight excluding hydrogens is 212 g/mol. The van der Waals surface area contributed by atoms with Crippen LogP contribution >= 0.6 is 15.9 Å². The molecule has 0 nitrogen and oxygen atoms in total. The Morgan fingerprint density at radius 1 is 1.42 bits per heavy atom. The molecule has 0 amide bonds. The zero-order valence-corrected chi connectivity index (χ0v) is 10.2. The minimum Gasteiger partial charge on any atom is -0.0928 e. The van der Waals surface area contributed by atoms with Crippen molar-refractivity contribution in [2.24, 2.45) is 17.3 Å². The van der Waals surface area contributed by atoms with Crippen molar-refractivity contribution < 1.29 is 0 Å². The van der Waals surface area contributed by atoms with E-state index in [9.17, 15) is 0 Å². The van der Waals surface area contributed by atoms with Crippen molar-refractivity contribution >= 4 is 15.9 Å². The molecule has 0 bridgehead atoms. The molecule has 1 rings (SSSR count). The minimum absolute atomic E-state index is 0.689. The van der Waals surface area contributed by atoms with Crippen LogP contribution in [0.1, 0.15) is 46.5 Å². The first-order valence-corrected chi connectivity index (χ1v) is 6.24. The Bertz CT molecular complexity index is 140. The number of halogens is 1. The van der Waals surface area contributed by atoms with Crippen molar-refractivity contribution in [3.63, 3.8) is 0 Å². The quantitative estimate of drug-likeness (QED) is 0.623. The minimum atomic E-state index is 0.689. The average Bonchev–Trinajstić information content (AvgIpc) is 2.56. The smallest absolute Gasteiger partial charge is 0.00338 e. The van der Waals surface area contributed by atoms with Gasteiger partial charge in [0, 0.05) is 5.33 Å². The Labute approximate surface area is 85.3 Å². The van der Waals surface area contributed by atoms with Gasteiger partial charge in [0.1, 0.15) is 0 Å². The van der Waals surface area contributed by atoms with E-state index < -0.39 is 0 Å². The highest BCUT2D eigenvalue weighted by Gasteiger charge is 2.44. The van der Waals surface area contributed by atoms with E-state index in [1.807, 2.05) is 0 Å². The van der Waals surface area contributed by atoms with Gasteiger partial charge in [0.15, 0.2) is 0 Å². The van der Waals surface area contributed by atoms with E-state index in [-0.39, 0.29) is 0 Å². The van der Waals surface area contributed by atoms with Gasteiger partial charge >= 0.3 is 0 Å². The van der Waals surface area contributed by atoms with Gasteiger partial charge in [0.2, 0.25) is 0 Å². The summed E-state index contributed by atoms with van der Waals surface area (Å²) in [6, 6.07) is 0. The third kappa shape index (κ3) is 3.08. The molecule has 1 saturated carbocycles. The third-order valence-corrected chi connectivity index (χ3v) is 3.79. The van der Waals surface area contributed by atoms with E-state index in [1.54, 1.807) is 0 Å². The lowest BCUT2D eigenvalue weighted by Crippen LogP contribution is -1.98. The highest BCUT2D eigenvalue weighted by molar-refractivity contribution is 9.09. The van der Waals surface area contributed by atoms with Gasteiger partial charge in [0.25, 0.3) is 0 Å². The molecule has 0 aromatic carbocycles. The lowest BCUT2D eigenvalue weighted by atomic mass is 9.98. The maximum atomic E-state index is 3.50. The maximum absolute atomic E-state index is 3.50. The van der Waals surface area contributed by atoms with Crippen molar-refractivity contribution in [2.45, 2.75) is 46.5 Å². The number of hydrogen-bond donors (Lipinski definition) is 0. The van der Waals surface area contributed by atoms with E-state index in [1.165, 1.54) is 31.0 Å². The molecule has 1 aliphatic rings. The molecule has 0 saturated heterocycles. The molecule has 12 heavy (non-hydrogen) atoms. The first-order chi connectivity index (χ1) is 5.56. The van der Waals surface area contributed by atoms with Crippen LogP contribution in [0, 0.1) is 17.3 Å². The monoisotopic (exact) mass is 232 g/mol. The van der Waals surface area contributed by atoms with Gasteiger partial charge in [-0.25, -0.2) is 0 Å². The number of hydrogen-bond acceptors (Lipinski definition) is 0. The van der Waals surface area contributed by atoms with Crippen LogP contribution < -0.4 is 0 Å². The maximum Gasteiger partial charge on any atom is 0.00338 e. The predicted octanol–water partition coefficient (Wildman–Crippen LogP) is 4.23. The van der Waals surface area contributed by atoms with Gasteiger partial charge in [-0.3, -0.25) is 0 Å². The highest BCUT2D eigenvalue weighted by Crippen LogP contribution is 2.54. The van der Waals surface area contributed by atoms with Crippen LogP contribution in [0.5, 0.6) is 0 Å². The van der Waals surface area contributed by atoms with Crippen LogP contribution in [0.2, 0.25) is 0 Å². The SMILES string of the molecule is CC(CCBr)CCC1CC1(C)C. The average molecular weight is 233 g/mol. The lowest BCUT2D eigenvalue weighted by Gasteiger charge is -2.09. The van der Waals surface area contributed by atoms with Crippen LogP contribution in [-0.2, 0) is 0 Å². The van der Waals surface area contributed by atoms with Gasteiger partial charge in [0.05, 0.1) is 0 Å². The first-order valence-electron chi connectivity index (χ1n) is 5.12.